The predicted octanol–water partition coefficient (Wildman–Crippen LogP) is 6.95. The van der Waals surface area contributed by atoms with Crippen molar-refractivity contribution in [3.63, 3.8) is 0 Å². The lowest BCUT2D eigenvalue weighted by Crippen LogP contribution is -2.38. The van der Waals surface area contributed by atoms with E-state index in [2.05, 4.69) is 24.5 Å². The highest BCUT2D eigenvalue weighted by molar-refractivity contribution is 6.31. The Morgan fingerprint density at radius 2 is 1.78 bits per heavy atom. The standard InChI is InChI=1S/C28H29ClFN3O3/c1-4-25-27(34)33(15-19-5-8-21(30)14-24(19)29)16-20-13-23(11-12-26(20)36-25)32-28(35)31-22-9-6-18(7-10-22)17(2)3/h5-14,17,25H,4,15-16H2,1-3H3,(H2,31,32,35)/t25-/m1/s1. The van der Waals surface area contributed by atoms with E-state index in [0.29, 0.717) is 35.0 Å². The molecule has 6 nitrogen and oxygen atoms in total. The van der Waals surface area contributed by atoms with Gasteiger partial charge in [0.05, 0.1) is 0 Å². The number of nitrogens with zero attached hydrogens (tertiary/aromatic N) is 1. The van der Waals surface area contributed by atoms with Crippen molar-refractivity contribution < 1.29 is 18.7 Å². The lowest BCUT2D eigenvalue weighted by molar-refractivity contribution is -0.139. The van der Waals surface area contributed by atoms with Crippen LogP contribution in [0, 0.1) is 5.82 Å². The van der Waals surface area contributed by atoms with Gasteiger partial charge in [0.15, 0.2) is 6.10 Å². The number of amides is 3. The fourth-order valence-corrected chi connectivity index (χ4v) is 4.31. The third-order valence-corrected chi connectivity index (χ3v) is 6.47. The number of urea groups is 1. The first-order valence-electron chi connectivity index (χ1n) is 11.9. The molecular formula is C28H29ClFN3O3. The quantitative estimate of drug-likeness (QED) is 0.378. The monoisotopic (exact) mass is 509 g/mol. The summed E-state index contributed by atoms with van der Waals surface area (Å²) in [5.74, 6) is 0.382. The second-order valence-electron chi connectivity index (χ2n) is 9.12. The summed E-state index contributed by atoms with van der Waals surface area (Å²) in [5, 5.41) is 5.94. The summed E-state index contributed by atoms with van der Waals surface area (Å²) in [6.45, 7) is 6.57. The number of nitrogens with one attached hydrogen (secondary N) is 2. The summed E-state index contributed by atoms with van der Waals surface area (Å²) in [6.07, 6.45) is -0.161. The van der Waals surface area contributed by atoms with Crippen LogP contribution in [0.15, 0.2) is 60.7 Å². The fourth-order valence-electron chi connectivity index (χ4n) is 4.08. The Labute approximate surface area is 215 Å². The first-order chi connectivity index (χ1) is 17.2. The Hall–Kier alpha value is -3.58. The summed E-state index contributed by atoms with van der Waals surface area (Å²) < 4.78 is 19.5. The average Bonchev–Trinajstić information content (AvgIpc) is 2.97. The van der Waals surface area contributed by atoms with Gasteiger partial charge in [0.25, 0.3) is 5.91 Å². The fraction of sp³-hybridized carbons (Fsp3) is 0.286. The molecule has 36 heavy (non-hydrogen) atoms. The van der Waals surface area contributed by atoms with Gasteiger partial charge in [0.1, 0.15) is 11.6 Å². The maximum Gasteiger partial charge on any atom is 0.323 e. The van der Waals surface area contributed by atoms with Crippen molar-refractivity contribution >= 4 is 34.9 Å². The maximum absolute atomic E-state index is 13.5. The molecule has 0 spiro atoms. The van der Waals surface area contributed by atoms with Crippen LogP contribution in [0.3, 0.4) is 0 Å². The summed E-state index contributed by atoms with van der Waals surface area (Å²) in [5.41, 5.74) is 3.83. The highest BCUT2D eigenvalue weighted by atomic mass is 35.5. The van der Waals surface area contributed by atoms with Gasteiger partial charge >= 0.3 is 6.03 Å². The Morgan fingerprint density at radius 3 is 2.44 bits per heavy atom. The number of hydrogen-bond acceptors (Lipinski definition) is 3. The molecule has 2 N–H and O–H groups in total. The first-order valence-corrected chi connectivity index (χ1v) is 12.3. The summed E-state index contributed by atoms with van der Waals surface area (Å²) in [4.78, 5) is 27.4. The molecule has 0 fully saturated rings. The summed E-state index contributed by atoms with van der Waals surface area (Å²) in [6, 6.07) is 16.8. The Kier molecular flexibility index (Phi) is 7.79. The first kappa shape index (κ1) is 25.5. The molecule has 3 amide bonds. The van der Waals surface area contributed by atoms with E-state index in [-0.39, 0.29) is 30.1 Å². The molecule has 3 aromatic rings. The van der Waals surface area contributed by atoms with Crippen molar-refractivity contribution in [3.05, 3.63) is 88.2 Å². The molecule has 1 heterocycles. The molecule has 188 valence electrons. The molecule has 0 saturated heterocycles. The number of carbonyl (C=O) groups excluding carboxylic acids is 2. The van der Waals surface area contributed by atoms with Crippen LogP contribution in [-0.4, -0.2) is 22.9 Å². The largest absolute Gasteiger partial charge is 0.480 e. The van der Waals surface area contributed by atoms with Crippen molar-refractivity contribution in [2.75, 3.05) is 10.6 Å². The second kappa shape index (κ2) is 11.0. The highest BCUT2D eigenvalue weighted by Crippen LogP contribution is 2.31. The topological polar surface area (TPSA) is 70.7 Å². The van der Waals surface area contributed by atoms with Crippen LogP contribution in [0.1, 0.15) is 49.8 Å². The van der Waals surface area contributed by atoms with E-state index in [0.717, 1.165) is 5.56 Å². The average molecular weight is 510 g/mol. The molecule has 8 heteroatoms. The zero-order valence-corrected chi connectivity index (χ0v) is 21.2. The number of benzene rings is 3. The lowest BCUT2D eigenvalue weighted by atomic mass is 10.0. The van der Waals surface area contributed by atoms with Crippen molar-refractivity contribution in [2.24, 2.45) is 0 Å². The Morgan fingerprint density at radius 1 is 1.08 bits per heavy atom. The minimum Gasteiger partial charge on any atom is -0.480 e. The molecule has 0 bridgehead atoms. The van der Waals surface area contributed by atoms with Crippen LogP contribution in [0.2, 0.25) is 5.02 Å². The van der Waals surface area contributed by atoms with Crippen LogP contribution < -0.4 is 15.4 Å². The third-order valence-electron chi connectivity index (χ3n) is 6.12. The predicted molar refractivity (Wildman–Crippen MR) is 140 cm³/mol. The molecule has 0 saturated carbocycles. The van der Waals surface area contributed by atoms with Crippen LogP contribution in [0.5, 0.6) is 5.75 Å². The van der Waals surface area contributed by atoms with Crippen molar-refractivity contribution in [3.8, 4) is 5.75 Å². The number of halogens is 2. The Balaban J connectivity index is 1.51. The number of hydrogen-bond donors (Lipinski definition) is 2. The van der Waals surface area contributed by atoms with E-state index in [9.17, 15) is 14.0 Å². The molecule has 0 aromatic heterocycles. The van der Waals surface area contributed by atoms with Crippen LogP contribution in [0.25, 0.3) is 0 Å². The van der Waals surface area contributed by atoms with Crippen molar-refractivity contribution in [2.45, 2.75) is 52.3 Å². The SMILES string of the molecule is CC[C@H]1Oc2ccc(NC(=O)Nc3ccc(C(C)C)cc3)cc2CN(Cc2ccc(F)cc2Cl)C1=O. The van der Waals surface area contributed by atoms with Gasteiger partial charge in [0.2, 0.25) is 0 Å². The minimum absolute atomic E-state index is 0.175. The van der Waals surface area contributed by atoms with Gasteiger partial charge in [-0.3, -0.25) is 4.79 Å². The van der Waals surface area contributed by atoms with Crippen LogP contribution >= 0.6 is 11.6 Å². The lowest BCUT2D eigenvalue weighted by Gasteiger charge is -2.23. The number of carbonyl (C=O) groups is 2. The van der Waals surface area contributed by atoms with E-state index >= 15 is 0 Å². The van der Waals surface area contributed by atoms with Crippen LogP contribution in [0.4, 0.5) is 20.6 Å². The van der Waals surface area contributed by atoms with Gasteiger partial charge in [-0.2, -0.15) is 0 Å². The number of anilines is 2. The van der Waals surface area contributed by atoms with Gasteiger partial charge in [0, 0.05) is 35.1 Å². The van der Waals surface area contributed by atoms with Gasteiger partial charge < -0.3 is 20.3 Å². The molecule has 0 aliphatic carbocycles. The van der Waals surface area contributed by atoms with Gasteiger partial charge in [-0.25, -0.2) is 9.18 Å². The molecule has 0 radical (unpaired) electrons. The maximum atomic E-state index is 13.5. The number of ether oxygens (including phenoxy) is 1. The minimum atomic E-state index is -0.651. The van der Waals surface area contributed by atoms with E-state index in [1.165, 1.54) is 17.7 Å². The normalized spacial score (nSPS) is 15.2. The zero-order valence-electron chi connectivity index (χ0n) is 20.5. The smallest absolute Gasteiger partial charge is 0.323 e. The molecule has 0 unspecified atom stereocenters. The summed E-state index contributed by atoms with van der Waals surface area (Å²) in [7, 11) is 0. The molecular weight excluding hydrogens is 481 g/mol. The molecule has 3 aromatic carbocycles. The van der Waals surface area contributed by atoms with Crippen molar-refractivity contribution in [1.29, 1.82) is 0 Å². The third kappa shape index (κ3) is 5.97. The molecule has 1 aliphatic heterocycles. The van der Waals surface area contributed by atoms with Gasteiger partial charge in [-0.1, -0.05) is 50.6 Å². The molecule has 1 atom stereocenters. The van der Waals surface area contributed by atoms with Crippen molar-refractivity contribution in [1.82, 2.24) is 4.90 Å². The molecule has 1 aliphatic rings. The van der Waals surface area contributed by atoms with Gasteiger partial charge in [-0.05, 0) is 65.9 Å². The highest BCUT2D eigenvalue weighted by Gasteiger charge is 2.30. The van der Waals surface area contributed by atoms with Gasteiger partial charge in [-0.15, -0.1) is 0 Å². The van der Waals surface area contributed by atoms with Crippen LogP contribution in [-0.2, 0) is 17.9 Å². The number of rotatable bonds is 6. The Bertz CT molecular complexity index is 1260. The van der Waals surface area contributed by atoms with E-state index in [4.69, 9.17) is 16.3 Å². The summed E-state index contributed by atoms with van der Waals surface area (Å²) >= 11 is 6.22. The van der Waals surface area contributed by atoms with E-state index in [1.54, 1.807) is 29.2 Å². The van der Waals surface area contributed by atoms with E-state index < -0.39 is 11.9 Å². The molecule has 4 rings (SSSR count). The number of fused-ring (bicyclic) bond motifs is 1. The zero-order chi connectivity index (χ0) is 25.8. The second-order valence-corrected chi connectivity index (χ2v) is 9.53. The van der Waals surface area contributed by atoms with E-state index in [1.807, 2.05) is 31.2 Å².